The van der Waals surface area contributed by atoms with Crippen molar-refractivity contribution in [2.24, 2.45) is 5.92 Å². The molecule has 0 amide bonds. The van der Waals surface area contributed by atoms with Crippen LogP contribution in [0.3, 0.4) is 0 Å². The minimum absolute atomic E-state index is 0.333. The van der Waals surface area contributed by atoms with Crippen LogP contribution in [0.5, 0.6) is 0 Å². The molecule has 2 aliphatic heterocycles. The third-order valence-electron chi connectivity index (χ3n) is 4.61. The maximum absolute atomic E-state index is 10.4. The van der Waals surface area contributed by atoms with Crippen molar-refractivity contribution in [1.29, 1.82) is 0 Å². The van der Waals surface area contributed by atoms with E-state index in [1.165, 1.54) is 12.8 Å². The van der Waals surface area contributed by atoms with Crippen LogP contribution in [0, 0.1) is 5.92 Å². The number of aromatic nitrogens is 1. The molecule has 0 spiro atoms. The van der Waals surface area contributed by atoms with Crippen LogP contribution in [0.25, 0.3) is 0 Å². The number of fused-ring (bicyclic) bond motifs is 2. The Morgan fingerprint density at radius 2 is 2.06 bits per heavy atom. The fraction of sp³-hybridized carbons (Fsp3) is 0.643. The summed E-state index contributed by atoms with van der Waals surface area (Å²) in [5, 5.41) is 10.4. The van der Waals surface area contributed by atoms with Crippen molar-refractivity contribution >= 4 is 0 Å². The van der Waals surface area contributed by atoms with E-state index < -0.39 is 0 Å². The van der Waals surface area contributed by atoms with Gasteiger partial charge in [0.2, 0.25) is 0 Å². The molecule has 3 rings (SSSR count). The zero-order valence-corrected chi connectivity index (χ0v) is 10.3. The fourth-order valence-corrected chi connectivity index (χ4v) is 3.53. The molecule has 1 aromatic heterocycles. The molecular formula is C14H20N2O. The van der Waals surface area contributed by atoms with Gasteiger partial charge < -0.3 is 10.0 Å². The molecular weight excluding hydrogens is 212 g/mol. The molecule has 3 atom stereocenters. The van der Waals surface area contributed by atoms with Crippen LogP contribution in [0.4, 0.5) is 0 Å². The van der Waals surface area contributed by atoms with Crippen molar-refractivity contribution in [3.05, 3.63) is 30.1 Å². The predicted molar refractivity (Wildman–Crippen MR) is 66.5 cm³/mol. The molecule has 3 unspecified atom stereocenters. The highest BCUT2D eigenvalue weighted by molar-refractivity contribution is 5.14. The highest BCUT2D eigenvalue weighted by Gasteiger charge is 2.40. The Kier molecular flexibility index (Phi) is 2.89. The standard InChI is InChI=1S/C14H20N2O/c1-16-12-4-5-13(16)8-11(7-12)14(17)10-3-2-6-15-9-10/h2-3,6,9,11-14,17H,4-5,7-8H2,1H3. The van der Waals surface area contributed by atoms with E-state index in [9.17, 15) is 5.11 Å². The average Bonchev–Trinajstić information content (AvgIpc) is 2.61. The first-order valence-corrected chi connectivity index (χ1v) is 6.55. The van der Waals surface area contributed by atoms with Gasteiger partial charge in [-0.25, -0.2) is 0 Å². The Balaban J connectivity index is 1.74. The first-order chi connectivity index (χ1) is 8.25. The van der Waals surface area contributed by atoms with E-state index in [0.717, 1.165) is 18.4 Å². The summed E-state index contributed by atoms with van der Waals surface area (Å²) < 4.78 is 0. The van der Waals surface area contributed by atoms with Crippen molar-refractivity contribution in [3.8, 4) is 0 Å². The molecule has 0 aliphatic carbocycles. The molecule has 0 aromatic carbocycles. The minimum Gasteiger partial charge on any atom is -0.388 e. The fourth-order valence-electron chi connectivity index (χ4n) is 3.53. The molecule has 0 radical (unpaired) electrons. The van der Waals surface area contributed by atoms with E-state index in [4.69, 9.17) is 0 Å². The zero-order valence-electron chi connectivity index (χ0n) is 10.3. The van der Waals surface area contributed by atoms with E-state index in [1.54, 1.807) is 12.4 Å². The highest BCUT2D eigenvalue weighted by atomic mass is 16.3. The van der Waals surface area contributed by atoms with Gasteiger partial charge in [-0.1, -0.05) is 6.07 Å². The Labute approximate surface area is 102 Å². The van der Waals surface area contributed by atoms with Gasteiger partial charge in [-0.05, 0) is 50.3 Å². The molecule has 2 aliphatic rings. The quantitative estimate of drug-likeness (QED) is 0.847. The van der Waals surface area contributed by atoms with Crippen LogP contribution in [0.2, 0.25) is 0 Å². The first-order valence-electron chi connectivity index (χ1n) is 6.55. The van der Waals surface area contributed by atoms with Crippen LogP contribution in [0.1, 0.15) is 37.4 Å². The summed E-state index contributed by atoms with van der Waals surface area (Å²) >= 11 is 0. The summed E-state index contributed by atoms with van der Waals surface area (Å²) in [5.74, 6) is 0.410. The van der Waals surface area contributed by atoms with E-state index >= 15 is 0 Å². The van der Waals surface area contributed by atoms with Crippen molar-refractivity contribution in [1.82, 2.24) is 9.88 Å². The third kappa shape index (κ3) is 1.98. The second-order valence-electron chi connectivity index (χ2n) is 5.51. The maximum atomic E-state index is 10.4. The Morgan fingerprint density at radius 1 is 1.35 bits per heavy atom. The zero-order chi connectivity index (χ0) is 11.8. The number of aliphatic hydroxyl groups excluding tert-OH is 1. The summed E-state index contributed by atoms with van der Waals surface area (Å²) in [6.45, 7) is 0. The van der Waals surface area contributed by atoms with Crippen LogP contribution < -0.4 is 0 Å². The van der Waals surface area contributed by atoms with Crippen molar-refractivity contribution < 1.29 is 5.11 Å². The van der Waals surface area contributed by atoms with Gasteiger partial charge in [0.1, 0.15) is 0 Å². The highest BCUT2D eigenvalue weighted by Crippen LogP contribution is 2.42. The number of rotatable bonds is 2. The van der Waals surface area contributed by atoms with Crippen LogP contribution in [0.15, 0.2) is 24.5 Å². The second-order valence-corrected chi connectivity index (χ2v) is 5.51. The van der Waals surface area contributed by atoms with Gasteiger partial charge in [-0.2, -0.15) is 0 Å². The van der Waals surface area contributed by atoms with Gasteiger partial charge in [0, 0.05) is 24.5 Å². The van der Waals surface area contributed by atoms with E-state index in [0.29, 0.717) is 18.0 Å². The molecule has 3 nitrogen and oxygen atoms in total. The average molecular weight is 232 g/mol. The first kappa shape index (κ1) is 11.2. The molecule has 17 heavy (non-hydrogen) atoms. The molecule has 3 heterocycles. The molecule has 2 saturated heterocycles. The van der Waals surface area contributed by atoms with Crippen LogP contribution in [-0.2, 0) is 0 Å². The number of pyridine rings is 1. The lowest BCUT2D eigenvalue weighted by molar-refractivity contribution is 0.0354. The topological polar surface area (TPSA) is 36.4 Å². The molecule has 0 saturated carbocycles. The predicted octanol–water partition coefficient (Wildman–Crippen LogP) is 1.99. The van der Waals surface area contributed by atoms with Crippen LogP contribution >= 0.6 is 0 Å². The van der Waals surface area contributed by atoms with Gasteiger partial charge in [0.05, 0.1) is 6.10 Å². The molecule has 1 aromatic rings. The third-order valence-corrected chi connectivity index (χ3v) is 4.61. The largest absolute Gasteiger partial charge is 0.388 e. The molecule has 92 valence electrons. The lowest BCUT2D eigenvalue weighted by atomic mass is 9.84. The summed E-state index contributed by atoms with van der Waals surface area (Å²) in [6.07, 6.45) is 8.08. The number of aliphatic hydroxyl groups is 1. The lowest BCUT2D eigenvalue weighted by Crippen LogP contribution is -2.41. The van der Waals surface area contributed by atoms with Gasteiger partial charge in [-0.15, -0.1) is 0 Å². The maximum Gasteiger partial charge on any atom is 0.0834 e. The number of hydrogen-bond acceptors (Lipinski definition) is 3. The number of nitrogens with zero attached hydrogens (tertiary/aromatic N) is 2. The Morgan fingerprint density at radius 3 is 2.65 bits per heavy atom. The molecule has 1 N–H and O–H groups in total. The monoisotopic (exact) mass is 232 g/mol. The lowest BCUT2D eigenvalue weighted by Gasteiger charge is -2.38. The minimum atomic E-state index is -0.333. The summed E-state index contributed by atoms with van der Waals surface area (Å²) in [7, 11) is 2.23. The van der Waals surface area contributed by atoms with Crippen LogP contribution in [-0.4, -0.2) is 34.1 Å². The van der Waals surface area contributed by atoms with E-state index in [2.05, 4.69) is 16.9 Å². The van der Waals surface area contributed by atoms with E-state index in [1.807, 2.05) is 12.1 Å². The molecule has 3 heteroatoms. The van der Waals surface area contributed by atoms with Gasteiger partial charge in [0.25, 0.3) is 0 Å². The Hall–Kier alpha value is -0.930. The Bertz CT molecular complexity index is 367. The van der Waals surface area contributed by atoms with Crippen molar-refractivity contribution in [2.75, 3.05) is 7.05 Å². The number of hydrogen-bond donors (Lipinski definition) is 1. The van der Waals surface area contributed by atoms with Gasteiger partial charge >= 0.3 is 0 Å². The SMILES string of the molecule is CN1C2CCC1CC(C(O)c1cccnc1)C2. The molecule has 2 bridgehead atoms. The number of piperidine rings is 1. The summed E-state index contributed by atoms with van der Waals surface area (Å²) in [4.78, 5) is 6.61. The van der Waals surface area contributed by atoms with Gasteiger partial charge in [-0.3, -0.25) is 4.98 Å². The summed E-state index contributed by atoms with van der Waals surface area (Å²) in [6, 6.07) is 5.26. The molecule has 2 fully saturated rings. The second kappa shape index (κ2) is 4.39. The van der Waals surface area contributed by atoms with Crippen molar-refractivity contribution in [2.45, 2.75) is 43.9 Å². The summed E-state index contributed by atoms with van der Waals surface area (Å²) in [5.41, 5.74) is 0.974. The smallest absolute Gasteiger partial charge is 0.0834 e. The van der Waals surface area contributed by atoms with Crippen molar-refractivity contribution in [3.63, 3.8) is 0 Å². The van der Waals surface area contributed by atoms with Gasteiger partial charge in [0.15, 0.2) is 0 Å². The van der Waals surface area contributed by atoms with E-state index in [-0.39, 0.29) is 6.10 Å². The normalized spacial score (nSPS) is 34.8.